The SMILES string of the molecule is CC1(C)CCC(c2ccc(-c3ccc(C4CCC(C)(C)CC4)cc3Br)cc2)CC1. The summed E-state index contributed by atoms with van der Waals surface area (Å²) in [5, 5.41) is 0. The fraction of sp³-hybridized carbons (Fsp3) is 0.571. The summed E-state index contributed by atoms with van der Waals surface area (Å²) in [6.07, 6.45) is 10.7. The van der Waals surface area contributed by atoms with E-state index in [1.54, 1.807) is 0 Å². The van der Waals surface area contributed by atoms with E-state index in [4.69, 9.17) is 0 Å². The Morgan fingerprint density at radius 2 is 1.10 bits per heavy atom. The van der Waals surface area contributed by atoms with Gasteiger partial charge in [-0.1, -0.05) is 80.0 Å². The molecule has 0 amide bonds. The van der Waals surface area contributed by atoms with Crippen LogP contribution in [0.5, 0.6) is 0 Å². The number of hydrogen-bond donors (Lipinski definition) is 0. The van der Waals surface area contributed by atoms with Crippen LogP contribution in [-0.4, -0.2) is 0 Å². The van der Waals surface area contributed by atoms with Gasteiger partial charge in [0.1, 0.15) is 0 Å². The topological polar surface area (TPSA) is 0 Å². The van der Waals surface area contributed by atoms with Gasteiger partial charge in [-0.05, 0) is 102 Å². The van der Waals surface area contributed by atoms with Crippen molar-refractivity contribution in [3.8, 4) is 11.1 Å². The zero-order valence-corrected chi connectivity index (χ0v) is 20.3. The molecule has 2 aromatic rings. The summed E-state index contributed by atoms with van der Waals surface area (Å²) in [6.45, 7) is 9.67. The first-order valence-electron chi connectivity index (χ1n) is 11.6. The summed E-state index contributed by atoms with van der Waals surface area (Å²) >= 11 is 3.88. The van der Waals surface area contributed by atoms with E-state index in [1.165, 1.54) is 78.1 Å². The number of hydrogen-bond acceptors (Lipinski definition) is 0. The molecule has 0 radical (unpaired) electrons. The van der Waals surface area contributed by atoms with E-state index in [9.17, 15) is 0 Å². The molecule has 4 rings (SSSR count). The fourth-order valence-electron chi connectivity index (χ4n) is 5.42. The Balaban J connectivity index is 1.46. The third kappa shape index (κ3) is 4.98. The summed E-state index contributed by atoms with van der Waals surface area (Å²) in [5.41, 5.74) is 6.76. The number of halogens is 1. The van der Waals surface area contributed by atoms with Crippen LogP contribution in [0, 0.1) is 10.8 Å². The first-order chi connectivity index (χ1) is 13.7. The molecule has 0 N–H and O–H groups in total. The number of rotatable bonds is 3. The predicted octanol–water partition coefficient (Wildman–Crippen LogP) is 9.48. The van der Waals surface area contributed by atoms with Gasteiger partial charge in [-0.3, -0.25) is 0 Å². The minimum absolute atomic E-state index is 0.531. The second kappa shape index (κ2) is 8.22. The van der Waals surface area contributed by atoms with E-state index in [0.29, 0.717) is 10.8 Å². The maximum Gasteiger partial charge on any atom is 0.0256 e. The third-order valence-electron chi connectivity index (χ3n) is 7.84. The molecular formula is C28H37Br. The average Bonchev–Trinajstić information content (AvgIpc) is 2.68. The second-order valence-corrected chi connectivity index (χ2v) is 12.1. The van der Waals surface area contributed by atoms with E-state index in [0.717, 1.165) is 11.8 Å². The van der Waals surface area contributed by atoms with Crippen molar-refractivity contribution in [2.24, 2.45) is 10.8 Å². The van der Waals surface area contributed by atoms with Crippen molar-refractivity contribution in [3.63, 3.8) is 0 Å². The van der Waals surface area contributed by atoms with Crippen LogP contribution in [0.1, 0.15) is 102 Å². The van der Waals surface area contributed by atoms with Crippen molar-refractivity contribution in [3.05, 3.63) is 58.1 Å². The van der Waals surface area contributed by atoms with Crippen molar-refractivity contribution in [2.75, 3.05) is 0 Å². The molecule has 0 atom stereocenters. The van der Waals surface area contributed by atoms with Crippen molar-refractivity contribution >= 4 is 15.9 Å². The van der Waals surface area contributed by atoms with Crippen LogP contribution in [0.2, 0.25) is 0 Å². The summed E-state index contributed by atoms with van der Waals surface area (Å²) < 4.78 is 1.24. The Kier molecular flexibility index (Phi) is 6.00. The van der Waals surface area contributed by atoms with Gasteiger partial charge >= 0.3 is 0 Å². The maximum atomic E-state index is 3.88. The molecule has 2 aliphatic carbocycles. The van der Waals surface area contributed by atoms with Crippen LogP contribution in [0.15, 0.2) is 46.9 Å². The summed E-state index contributed by atoms with van der Waals surface area (Å²) in [5.74, 6) is 1.48. The average molecular weight is 454 g/mol. The molecular weight excluding hydrogens is 416 g/mol. The number of benzene rings is 2. The Hall–Kier alpha value is -1.08. The molecule has 0 spiro atoms. The van der Waals surface area contributed by atoms with Crippen LogP contribution >= 0.6 is 15.9 Å². The van der Waals surface area contributed by atoms with E-state index in [-0.39, 0.29) is 0 Å². The van der Waals surface area contributed by atoms with Crippen molar-refractivity contribution < 1.29 is 0 Å². The maximum absolute atomic E-state index is 3.88. The lowest BCUT2D eigenvalue weighted by Crippen LogP contribution is -2.20. The van der Waals surface area contributed by atoms with E-state index >= 15 is 0 Å². The van der Waals surface area contributed by atoms with E-state index in [1.807, 2.05) is 0 Å². The Morgan fingerprint density at radius 1 is 0.655 bits per heavy atom. The van der Waals surface area contributed by atoms with Crippen LogP contribution in [0.4, 0.5) is 0 Å². The first-order valence-corrected chi connectivity index (χ1v) is 12.4. The Morgan fingerprint density at radius 3 is 1.59 bits per heavy atom. The van der Waals surface area contributed by atoms with Gasteiger partial charge < -0.3 is 0 Å². The summed E-state index contributed by atoms with van der Waals surface area (Å²) in [6, 6.07) is 16.5. The molecule has 29 heavy (non-hydrogen) atoms. The second-order valence-electron chi connectivity index (χ2n) is 11.2. The summed E-state index contributed by atoms with van der Waals surface area (Å²) in [7, 11) is 0. The molecule has 0 saturated heterocycles. The molecule has 156 valence electrons. The molecule has 0 bridgehead atoms. The quantitative estimate of drug-likeness (QED) is 0.434. The normalized spacial score (nSPS) is 22.5. The molecule has 0 aromatic heterocycles. The van der Waals surface area contributed by atoms with Crippen molar-refractivity contribution in [1.29, 1.82) is 0 Å². The fourth-order valence-corrected chi connectivity index (χ4v) is 6.04. The minimum Gasteiger partial charge on any atom is -0.0599 e. The lowest BCUT2D eigenvalue weighted by Gasteiger charge is -2.34. The minimum atomic E-state index is 0.531. The van der Waals surface area contributed by atoms with E-state index in [2.05, 4.69) is 86.1 Å². The zero-order valence-electron chi connectivity index (χ0n) is 18.7. The third-order valence-corrected chi connectivity index (χ3v) is 8.49. The molecule has 2 aromatic carbocycles. The van der Waals surface area contributed by atoms with Crippen molar-refractivity contribution in [1.82, 2.24) is 0 Å². The molecule has 0 nitrogen and oxygen atoms in total. The van der Waals surface area contributed by atoms with Crippen LogP contribution in [0.25, 0.3) is 11.1 Å². The highest BCUT2D eigenvalue weighted by molar-refractivity contribution is 9.10. The molecule has 0 aliphatic heterocycles. The monoisotopic (exact) mass is 452 g/mol. The summed E-state index contributed by atoms with van der Waals surface area (Å²) in [4.78, 5) is 0. The molecule has 2 saturated carbocycles. The van der Waals surface area contributed by atoms with Gasteiger partial charge in [-0.25, -0.2) is 0 Å². The molecule has 0 heterocycles. The molecule has 0 unspecified atom stereocenters. The van der Waals surface area contributed by atoms with Gasteiger partial charge in [0, 0.05) is 4.47 Å². The lowest BCUT2D eigenvalue weighted by atomic mass is 9.71. The van der Waals surface area contributed by atoms with E-state index < -0.39 is 0 Å². The van der Waals surface area contributed by atoms with Crippen molar-refractivity contribution in [2.45, 2.75) is 90.9 Å². The lowest BCUT2D eigenvalue weighted by molar-refractivity contribution is 0.224. The first kappa shape index (κ1) is 21.2. The Bertz CT molecular complexity index is 823. The van der Waals surface area contributed by atoms with Crippen LogP contribution < -0.4 is 0 Å². The van der Waals surface area contributed by atoms with Gasteiger partial charge in [0.25, 0.3) is 0 Å². The van der Waals surface area contributed by atoms with Crippen LogP contribution in [0.3, 0.4) is 0 Å². The Labute approximate surface area is 186 Å². The van der Waals surface area contributed by atoms with Gasteiger partial charge in [-0.15, -0.1) is 0 Å². The van der Waals surface area contributed by atoms with Gasteiger partial charge in [0.2, 0.25) is 0 Å². The van der Waals surface area contributed by atoms with Gasteiger partial charge in [0.05, 0.1) is 0 Å². The largest absolute Gasteiger partial charge is 0.0599 e. The van der Waals surface area contributed by atoms with Crippen LogP contribution in [-0.2, 0) is 0 Å². The zero-order chi connectivity index (χ0) is 20.6. The highest BCUT2D eigenvalue weighted by atomic mass is 79.9. The highest BCUT2D eigenvalue weighted by Gasteiger charge is 2.28. The molecule has 1 heteroatoms. The molecule has 2 aliphatic rings. The standard InChI is InChI=1S/C28H37Br/c1-27(2)15-11-21(12-16-27)20-5-7-23(8-6-20)25-10-9-24(19-26(25)29)22-13-17-28(3,4)18-14-22/h5-10,19,21-22H,11-18H2,1-4H3. The molecule has 2 fully saturated rings. The highest BCUT2D eigenvalue weighted by Crippen LogP contribution is 2.44. The smallest absolute Gasteiger partial charge is 0.0256 e. The predicted molar refractivity (Wildman–Crippen MR) is 130 cm³/mol. The van der Waals surface area contributed by atoms with Gasteiger partial charge in [0.15, 0.2) is 0 Å². The van der Waals surface area contributed by atoms with Gasteiger partial charge in [-0.2, -0.15) is 0 Å².